The summed E-state index contributed by atoms with van der Waals surface area (Å²) in [5.41, 5.74) is 4.57. The van der Waals surface area contributed by atoms with E-state index in [-0.39, 0.29) is 0 Å². The highest BCUT2D eigenvalue weighted by atomic mass is 16.5. The van der Waals surface area contributed by atoms with E-state index in [9.17, 15) is 0 Å². The smallest absolute Gasteiger partial charge is 0.159 e. The molecule has 168 valence electrons. The lowest BCUT2D eigenvalue weighted by molar-refractivity contribution is 0.307. The number of benzene rings is 2. The number of allylic oxidation sites excluding steroid dienone is 2. The Balaban J connectivity index is 1.52. The van der Waals surface area contributed by atoms with Gasteiger partial charge in [0.05, 0.1) is 6.61 Å². The van der Waals surface area contributed by atoms with Crippen LogP contribution in [0.5, 0.6) is 5.75 Å². The van der Waals surface area contributed by atoms with Gasteiger partial charge in [-0.25, -0.2) is 9.97 Å². The minimum Gasteiger partial charge on any atom is -0.494 e. The maximum atomic E-state index is 5.86. The zero-order chi connectivity index (χ0) is 22.6. The number of unbranched alkanes of at least 4 members (excludes halogenated alkanes) is 2. The van der Waals surface area contributed by atoms with Gasteiger partial charge in [0.15, 0.2) is 5.82 Å². The molecule has 0 aliphatic rings. The average Bonchev–Trinajstić information content (AvgIpc) is 2.84. The molecule has 0 aliphatic carbocycles. The van der Waals surface area contributed by atoms with Gasteiger partial charge in [-0.2, -0.15) is 0 Å². The molecule has 0 N–H and O–H groups in total. The molecule has 0 saturated carbocycles. The molecule has 0 fully saturated rings. The van der Waals surface area contributed by atoms with Gasteiger partial charge in [0, 0.05) is 23.5 Å². The van der Waals surface area contributed by atoms with E-state index in [2.05, 4.69) is 67.2 Å². The van der Waals surface area contributed by atoms with Crippen molar-refractivity contribution in [3.8, 4) is 28.3 Å². The molecule has 0 spiro atoms. The Morgan fingerprint density at radius 2 is 1.50 bits per heavy atom. The average molecular weight is 429 g/mol. The molecular formula is C29H36N2O. The highest BCUT2D eigenvalue weighted by molar-refractivity contribution is 5.64. The molecule has 3 nitrogen and oxygen atoms in total. The number of hydrogen-bond acceptors (Lipinski definition) is 3. The van der Waals surface area contributed by atoms with Crippen LogP contribution in [0.1, 0.15) is 58.4 Å². The van der Waals surface area contributed by atoms with E-state index in [4.69, 9.17) is 4.74 Å². The highest BCUT2D eigenvalue weighted by Gasteiger charge is 2.06. The standard InChI is InChI=1S/C29H36N2O/c1-4-6-7-8-9-10-19-32-28-17-15-26(16-18-28)29-30-21-27(22-31-29)25-13-11-24(12-14-25)20-23(3)5-2/h6-7,11-18,21-23H,4-5,8-10,19-20H2,1-3H3/b7-6-/t23-/m0/s1. The van der Waals surface area contributed by atoms with Gasteiger partial charge in [0.1, 0.15) is 5.75 Å². The number of aromatic nitrogens is 2. The van der Waals surface area contributed by atoms with Gasteiger partial charge in [0.25, 0.3) is 0 Å². The second-order valence-electron chi connectivity index (χ2n) is 8.46. The first-order valence-electron chi connectivity index (χ1n) is 12.0. The Morgan fingerprint density at radius 1 is 0.812 bits per heavy atom. The fourth-order valence-corrected chi connectivity index (χ4v) is 3.55. The zero-order valence-electron chi connectivity index (χ0n) is 19.8. The molecule has 0 saturated heterocycles. The lowest BCUT2D eigenvalue weighted by Crippen LogP contribution is -1.97. The van der Waals surface area contributed by atoms with Crippen LogP contribution in [0.4, 0.5) is 0 Å². The SMILES string of the molecule is CC/C=C\CCCCOc1ccc(-c2ncc(-c3ccc(C[C@@H](C)CC)cc3)cn2)cc1. The molecule has 0 radical (unpaired) electrons. The molecular weight excluding hydrogens is 392 g/mol. The van der Waals surface area contributed by atoms with Crippen molar-refractivity contribution in [3.05, 3.63) is 78.6 Å². The van der Waals surface area contributed by atoms with Crippen molar-refractivity contribution in [2.24, 2.45) is 5.92 Å². The monoisotopic (exact) mass is 428 g/mol. The van der Waals surface area contributed by atoms with Crippen molar-refractivity contribution in [1.82, 2.24) is 9.97 Å². The first kappa shape index (κ1) is 23.7. The third-order valence-electron chi connectivity index (χ3n) is 5.77. The van der Waals surface area contributed by atoms with Gasteiger partial charge < -0.3 is 4.74 Å². The number of ether oxygens (including phenoxy) is 1. The second kappa shape index (κ2) is 12.8. The van der Waals surface area contributed by atoms with Crippen LogP contribution < -0.4 is 4.74 Å². The van der Waals surface area contributed by atoms with E-state index < -0.39 is 0 Å². The lowest BCUT2D eigenvalue weighted by Gasteiger charge is -2.09. The fourth-order valence-electron chi connectivity index (χ4n) is 3.55. The summed E-state index contributed by atoms with van der Waals surface area (Å²) in [5, 5.41) is 0. The molecule has 1 heterocycles. The maximum absolute atomic E-state index is 5.86. The van der Waals surface area contributed by atoms with Gasteiger partial charge in [0.2, 0.25) is 0 Å². The predicted octanol–water partition coefficient (Wildman–Crippen LogP) is 7.91. The molecule has 3 rings (SSSR count). The summed E-state index contributed by atoms with van der Waals surface area (Å²) in [5.74, 6) is 2.34. The third kappa shape index (κ3) is 7.33. The number of rotatable bonds is 12. The molecule has 1 aromatic heterocycles. The van der Waals surface area contributed by atoms with Gasteiger partial charge in [-0.3, -0.25) is 0 Å². The van der Waals surface area contributed by atoms with Crippen molar-refractivity contribution >= 4 is 0 Å². The maximum Gasteiger partial charge on any atom is 0.159 e. The predicted molar refractivity (Wildman–Crippen MR) is 135 cm³/mol. The largest absolute Gasteiger partial charge is 0.494 e. The molecule has 0 unspecified atom stereocenters. The van der Waals surface area contributed by atoms with Crippen molar-refractivity contribution in [1.29, 1.82) is 0 Å². The Kier molecular flexibility index (Phi) is 9.49. The quantitative estimate of drug-likeness (QED) is 0.217. The summed E-state index contributed by atoms with van der Waals surface area (Å²) < 4.78 is 5.86. The van der Waals surface area contributed by atoms with Gasteiger partial charge >= 0.3 is 0 Å². The minimum atomic E-state index is 0.716. The summed E-state index contributed by atoms with van der Waals surface area (Å²) in [6, 6.07) is 16.8. The molecule has 32 heavy (non-hydrogen) atoms. The second-order valence-corrected chi connectivity index (χ2v) is 8.46. The molecule has 3 aromatic rings. The van der Waals surface area contributed by atoms with Crippen molar-refractivity contribution in [2.75, 3.05) is 6.61 Å². The van der Waals surface area contributed by atoms with E-state index in [0.717, 1.165) is 67.0 Å². The van der Waals surface area contributed by atoms with E-state index in [0.29, 0.717) is 5.92 Å². The molecule has 1 atom stereocenters. The normalized spacial score (nSPS) is 12.2. The third-order valence-corrected chi connectivity index (χ3v) is 5.77. The van der Waals surface area contributed by atoms with Crippen molar-refractivity contribution in [3.63, 3.8) is 0 Å². The fraction of sp³-hybridized carbons (Fsp3) is 0.379. The summed E-state index contributed by atoms with van der Waals surface area (Å²) in [6.45, 7) is 7.45. The topological polar surface area (TPSA) is 35.0 Å². The molecule has 0 aliphatic heterocycles. The van der Waals surface area contributed by atoms with Crippen molar-refractivity contribution < 1.29 is 4.74 Å². The molecule has 3 heteroatoms. The molecule has 0 bridgehead atoms. The van der Waals surface area contributed by atoms with E-state index in [1.807, 2.05) is 36.7 Å². The summed E-state index contributed by atoms with van der Waals surface area (Å²) >= 11 is 0. The van der Waals surface area contributed by atoms with Crippen molar-refractivity contribution in [2.45, 2.75) is 59.3 Å². The van der Waals surface area contributed by atoms with Crippen LogP contribution in [0.3, 0.4) is 0 Å². The van der Waals surface area contributed by atoms with Crippen LogP contribution in [0, 0.1) is 5.92 Å². The van der Waals surface area contributed by atoms with E-state index in [1.54, 1.807) is 0 Å². The summed E-state index contributed by atoms with van der Waals surface area (Å²) in [6.07, 6.45) is 15.1. The Labute approximate surface area is 193 Å². The summed E-state index contributed by atoms with van der Waals surface area (Å²) in [7, 11) is 0. The van der Waals surface area contributed by atoms with Crippen LogP contribution in [-0.4, -0.2) is 16.6 Å². The van der Waals surface area contributed by atoms with Gasteiger partial charge in [-0.15, -0.1) is 0 Å². The highest BCUT2D eigenvalue weighted by Crippen LogP contribution is 2.23. The van der Waals surface area contributed by atoms with Gasteiger partial charge in [-0.1, -0.05) is 63.6 Å². The van der Waals surface area contributed by atoms with Crippen LogP contribution in [0.25, 0.3) is 22.5 Å². The number of hydrogen-bond donors (Lipinski definition) is 0. The zero-order valence-corrected chi connectivity index (χ0v) is 19.8. The number of nitrogens with zero attached hydrogens (tertiary/aromatic N) is 2. The van der Waals surface area contributed by atoms with E-state index >= 15 is 0 Å². The Hall–Kier alpha value is -2.94. The van der Waals surface area contributed by atoms with E-state index in [1.165, 1.54) is 12.0 Å². The Morgan fingerprint density at radius 3 is 2.16 bits per heavy atom. The first-order valence-corrected chi connectivity index (χ1v) is 12.0. The summed E-state index contributed by atoms with van der Waals surface area (Å²) in [4.78, 5) is 9.18. The van der Waals surface area contributed by atoms with Crippen LogP contribution in [-0.2, 0) is 6.42 Å². The molecule has 0 amide bonds. The van der Waals surface area contributed by atoms with Crippen LogP contribution in [0.15, 0.2) is 73.1 Å². The van der Waals surface area contributed by atoms with Gasteiger partial charge in [-0.05, 0) is 73.4 Å². The van der Waals surface area contributed by atoms with Crippen LogP contribution in [0.2, 0.25) is 0 Å². The Bertz CT molecular complexity index is 944. The van der Waals surface area contributed by atoms with Crippen LogP contribution >= 0.6 is 0 Å². The molecule has 2 aromatic carbocycles. The minimum absolute atomic E-state index is 0.716. The first-order chi connectivity index (χ1) is 15.7. The lowest BCUT2D eigenvalue weighted by atomic mass is 9.97.